The van der Waals surface area contributed by atoms with Crippen molar-refractivity contribution >= 4 is 23.2 Å². The monoisotopic (exact) mass is 264 g/mol. The second-order valence-electron chi connectivity index (χ2n) is 5.50. The van der Waals surface area contributed by atoms with Crippen LogP contribution in [0.1, 0.15) is 19.8 Å². The normalized spacial score (nSPS) is 26.2. The molecule has 1 unspecified atom stereocenters. The summed E-state index contributed by atoms with van der Waals surface area (Å²) in [6.07, 6.45) is 2.42. The second kappa shape index (κ2) is 4.25. The van der Waals surface area contributed by atoms with Crippen molar-refractivity contribution in [3.63, 3.8) is 0 Å². The predicted molar refractivity (Wildman–Crippen MR) is 72.9 cm³/mol. The number of halogens is 1. The molecule has 1 saturated carbocycles. The molecule has 3 rings (SSSR count). The van der Waals surface area contributed by atoms with Crippen LogP contribution >= 0.6 is 11.6 Å². The molecule has 1 spiro atoms. The predicted octanol–water partition coefficient (Wildman–Crippen LogP) is 2.44. The number of hydrogen-bond donors (Lipinski definition) is 1. The summed E-state index contributed by atoms with van der Waals surface area (Å²) in [7, 11) is 0. The third-order valence-corrected chi connectivity index (χ3v) is 4.26. The van der Waals surface area contributed by atoms with E-state index in [2.05, 4.69) is 5.32 Å². The maximum Gasteiger partial charge on any atom is 0.243 e. The quantitative estimate of drug-likeness (QED) is 0.845. The molecule has 1 aliphatic carbocycles. The van der Waals surface area contributed by atoms with E-state index < -0.39 is 0 Å². The van der Waals surface area contributed by atoms with Gasteiger partial charge in [0, 0.05) is 29.2 Å². The van der Waals surface area contributed by atoms with Crippen LogP contribution in [-0.4, -0.2) is 25.0 Å². The van der Waals surface area contributed by atoms with E-state index in [4.69, 9.17) is 11.6 Å². The van der Waals surface area contributed by atoms with Gasteiger partial charge in [-0.1, -0.05) is 11.6 Å². The molecule has 1 amide bonds. The summed E-state index contributed by atoms with van der Waals surface area (Å²) in [5.41, 5.74) is 1.26. The highest BCUT2D eigenvalue weighted by Crippen LogP contribution is 2.47. The Hall–Kier alpha value is -1.06. The molecule has 1 aromatic carbocycles. The van der Waals surface area contributed by atoms with Crippen molar-refractivity contribution in [1.29, 1.82) is 0 Å². The molecule has 18 heavy (non-hydrogen) atoms. The van der Waals surface area contributed by atoms with Crippen LogP contribution < -0.4 is 10.2 Å². The van der Waals surface area contributed by atoms with E-state index in [0.29, 0.717) is 10.4 Å². The Bertz CT molecular complexity index is 467. The van der Waals surface area contributed by atoms with Crippen LogP contribution in [0, 0.1) is 5.41 Å². The molecule has 96 valence electrons. The highest BCUT2D eigenvalue weighted by atomic mass is 35.5. The summed E-state index contributed by atoms with van der Waals surface area (Å²) < 4.78 is 0. The van der Waals surface area contributed by atoms with Crippen molar-refractivity contribution in [2.24, 2.45) is 5.41 Å². The van der Waals surface area contributed by atoms with Crippen molar-refractivity contribution in [2.75, 3.05) is 18.0 Å². The van der Waals surface area contributed by atoms with Gasteiger partial charge in [-0.2, -0.15) is 0 Å². The number of nitrogens with one attached hydrogen (secondary N) is 1. The van der Waals surface area contributed by atoms with Crippen molar-refractivity contribution < 1.29 is 4.79 Å². The lowest BCUT2D eigenvalue weighted by molar-refractivity contribution is -0.119. The first-order valence-corrected chi connectivity index (χ1v) is 6.78. The first kappa shape index (κ1) is 12.0. The van der Waals surface area contributed by atoms with Gasteiger partial charge in [-0.25, -0.2) is 0 Å². The minimum atomic E-state index is -0.111. The first-order chi connectivity index (χ1) is 8.60. The van der Waals surface area contributed by atoms with E-state index in [-0.39, 0.29) is 11.9 Å². The van der Waals surface area contributed by atoms with Gasteiger partial charge in [0.25, 0.3) is 0 Å². The zero-order valence-corrected chi connectivity index (χ0v) is 11.2. The summed E-state index contributed by atoms with van der Waals surface area (Å²) in [5.74, 6) is 0.154. The number of nitrogens with zero attached hydrogens (tertiary/aromatic N) is 1. The fraction of sp³-hybridized carbons (Fsp3) is 0.500. The Morgan fingerprint density at radius 3 is 2.61 bits per heavy atom. The molecule has 1 atom stereocenters. The van der Waals surface area contributed by atoms with E-state index in [9.17, 15) is 4.79 Å². The number of hydrogen-bond acceptors (Lipinski definition) is 2. The summed E-state index contributed by atoms with van der Waals surface area (Å²) >= 11 is 5.90. The Kier molecular flexibility index (Phi) is 2.83. The minimum absolute atomic E-state index is 0.111. The van der Waals surface area contributed by atoms with E-state index in [1.165, 1.54) is 12.8 Å². The standard InChI is InChI=1S/C14H17ClN2O/c1-10-13(18)17(9-14(6-7-14)8-16-10)12-4-2-11(15)3-5-12/h2-5,10,16H,6-9H2,1H3. The van der Waals surface area contributed by atoms with Crippen LogP contribution in [0.3, 0.4) is 0 Å². The van der Waals surface area contributed by atoms with Crippen LogP contribution in [0.2, 0.25) is 5.02 Å². The number of anilines is 1. The van der Waals surface area contributed by atoms with Gasteiger partial charge in [0.15, 0.2) is 0 Å². The number of rotatable bonds is 1. The van der Waals surface area contributed by atoms with Gasteiger partial charge in [-0.05, 0) is 44.0 Å². The lowest BCUT2D eigenvalue weighted by Gasteiger charge is -2.25. The molecule has 0 aromatic heterocycles. The van der Waals surface area contributed by atoms with Crippen molar-refractivity contribution in [1.82, 2.24) is 5.32 Å². The lowest BCUT2D eigenvalue weighted by Crippen LogP contribution is -2.41. The van der Waals surface area contributed by atoms with Crippen molar-refractivity contribution in [3.8, 4) is 0 Å². The van der Waals surface area contributed by atoms with E-state index in [1.807, 2.05) is 36.1 Å². The van der Waals surface area contributed by atoms with Crippen LogP contribution in [-0.2, 0) is 4.79 Å². The highest BCUT2D eigenvalue weighted by Gasteiger charge is 2.47. The molecule has 2 aliphatic rings. The van der Waals surface area contributed by atoms with Crippen LogP contribution in [0.15, 0.2) is 24.3 Å². The lowest BCUT2D eigenvalue weighted by atomic mass is 10.1. The zero-order chi connectivity index (χ0) is 12.8. The number of benzene rings is 1. The Labute approximate surface area is 112 Å². The fourth-order valence-electron chi connectivity index (χ4n) is 2.51. The van der Waals surface area contributed by atoms with E-state index in [1.54, 1.807) is 0 Å². The Morgan fingerprint density at radius 1 is 1.33 bits per heavy atom. The summed E-state index contributed by atoms with van der Waals surface area (Å²) in [4.78, 5) is 14.3. The molecular weight excluding hydrogens is 248 g/mol. The van der Waals surface area contributed by atoms with E-state index in [0.717, 1.165) is 18.8 Å². The van der Waals surface area contributed by atoms with Gasteiger partial charge in [0.2, 0.25) is 5.91 Å². The van der Waals surface area contributed by atoms with Gasteiger partial charge in [-0.15, -0.1) is 0 Å². The minimum Gasteiger partial charge on any atom is -0.310 e. The van der Waals surface area contributed by atoms with Gasteiger partial charge < -0.3 is 10.2 Å². The summed E-state index contributed by atoms with van der Waals surface area (Å²) in [6, 6.07) is 7.42. The largest absolute Gasteiger partial charge is 0.310 e. The molecule has 1 saturated heterocycles. The highest BCUT2D eigenvalue weighted by molar-refractivity contribution is 6.30. The van der Waals surface area contributed by atoms with Crippen LogP contribution in [0.25, 0.3) is 0 Å². The topological polar surface area (TPSA) is 32.3 Å². The second-order valence-corrected chi connectivity index (χ2v) is 5.94. The van der Waals surface area contributed by atoms with Gasteiger partial charge >= 0.3 is 0 Å². The molecule has 4 heteroatoms. The van der Waals surface area contributed by atoms with Crippen LogP contribution in [0.5, 0.6) is 0 Å². The van der Waals surface area contributed by atoms with Gasteiger partial charge in [0.1, 0.15) is 0 Å². The van der Waals surface area contributed by atoms with E-state index >= 15 is 0 Å². The molecule has 1 N–H and O–H groups in total. The summed E-state index contributed by atoms with van der Waals surface area (Å²) in [5, 5.41) is 4.04. The van der Waals surface area contributed by atoms with Gasteiger partial charge in [-0.3, -0.25) is 4.79 Å². The molecular formula is C14H17ClN2O. The molecule has 3 nitrogen and oxygen atoms in total. The Balaban J connectivity index is 1.91. The average molecular weight is 265 g/mol. The number of carbonyl (C=O) groups excluding carboxylic acids is 1. The maximum absolute atomic E-state index is 12.4. The van der Waals surface area contributed by atoms with Gasteiger partial charge in [0.05, 0.1) is 6.04 Å². The molecule has 1 aliphatic heterocycles. The van der Waals surface area contributed by atoms with Crippen molar-refractivity contribution in [2.45, 2.75) is 25.8 Å². The average Bonchev–Trinajstić information content (AvgIpc) is 3.15. The smallest absolute Gasteiger partial charge is 0.243 e. The molecule has 1 heterocycles. The van der Waals surface area contributed by atoms with Crippen molar-refractivity contribution in [3.05, 3.63) is 29.3 Å². The number of carbonyl (C=O) groups is 1. The zero-order valence-electron chi connectivity index (χ0n) is 10.4. The molecule has 1 aromatic rings. The fourth-order valence-corrected chi connectivity index (χ4v) is 2.64. The SMILES string of the molecule is CC1NCC2(CC2)CN(c2ccc(Cl)cc2)C1=O. The Morgan fingerprint density at radius 2 is 2.00 bits per heavy atom. The molecule has 0 bridgehead atoms. The maximum atomic E-state index is 12.4. The third kappa shape index (κ3) is 2.13. The summed E-state index contributed by atoms with van der Waals surface area (Å²) in [6.45, 7) is 3.71. The third-order valence-electron chi connectivity index (χ3n) is 4.01. The first-order valence-electron chi connectivity index (χ1n) is 6.40. The molecule has 2 fully saturated rings. The van der Waals surface area contributed by atoms with Crippen LogP contribution in [0.4, 0.5) is 5.69 Å². The number of amides is 1. The molecule has 0 radical (unpaired) electrons.